The second-order valence-corrected chi connectivity index (χ2v) is 4.65. The van der Waals surface area contributed by atoms with E-state index >= 15 is 0 Å². The Kier molecular flexibility index (Phi) is 3.13. The van der Waals surface area contributed by atoms with Gasteiger partial charge in [0.1, 0.15) is 0 Å². The number of carbonyl (C=O) groups is 1. The molecule has 0 atom stereocenters. The molecule has 4 heteroatoms. The average molecular weight is 263 g/mol. The van der Waals surface area contributed by atoms with Crippen LogP contribution in [0, 0.1) is 6.92 Å². The molecule has 0 spiro atoms. The second-order valence-electron chi connectivity index (χ2n) is 4.65. The molecule has 3 aromatic rings. The van der Waals surface area contributed by atoms with Crippen LogP contribution in [0.1, 0.15) is 15.9 Å². The lowest BCUT2D eigenvalue weighted by molar-refractivity contribution is 0.102. The van der Waals surface area contributed by atoms with Crippen molar-refractivity contribution < 1.29 is 4.79 Å². The van der Waals surface area contributed by atoms with E-state index in [2.05, 4.69) is 15.5 Å². The summed E-state index contributed by atoms with van der Waals surface area (Å²) in [5.74, 6) is -0.132. The van der Waals surface area contributed by atoms with Crippen LogP contribution in [-0.2, 0) is 0 Å². The first-order valence-corrected chi connectivity index (χ1v) is 6.31. The zero-order valence-electron chi connectivity index (χ0n) is 11.0. The fraction of sp³-hybridized carbons (Fsp3) is 0.0625. The highest BCUT2D eigenvalue weighted by Crippen LogP contribution is 2.15. The first-order chi connectivity index (χ1) is 9.72. The molecule has 3 rings (SSSR count). The van der Waals surface area contributed by atoms with E-state index < -0.39 is 0 Å². The minimum atomic E-state index is -0.132. The second kappa shape index (κ2) is 5.09. The highest BCUT2D eigenvalue weighted by Gasteiger charge is 2.07. The van der Waals surface area contributed by atoms with Gasteiger partial charge >= 0.3 is 0 Å². The third-order valence-electron chi connectivity index (χ3n) is 3.12. The molecule has 1 aromatic heterocycles. The Bertz CT molecular complexity index is 766. The van der Waals surface area contributed by atoms with Crippen LogP contribution in [0.15, 0.2) is 54.9 Å². The molecule has 0 aliphatic carbocycles. The van der Waals surface area contributed by atoms with E-state index in [9.17, 15) is 4.79 Å². The quantitative estimate of drug-likeness (QED) is 0.772. The van der Waals surface area contributed by atoms with E-state index in [0.29, 0.717) is 5.56 Å². The third kappa shape index (κ3) is 2.49. The zero-order chi connectivity index (χ0) is 13.9. The lowest BCUT2D eigenvalue weighted by atomic mass is 10.1. The summed E-state index contributed by atoms with van der Waals surface area (Å²) in [6, 6.07) is 13.2. The minimum absolute atomic E-state index is 0.132. The summed E-state index contributed by atoms with van der Waals surface area (Å²) in [4.78, 5) is 12.2. The van der Waals surface area contributed by atoms with Crippen molar-refractivity contribution >= 4 is 22.4 Å². The zero-order valence-corrected chi connectivity index (χ0v) is 11.0. The molecule has 1 amide bonds. The van der Waals surface area contributed by atoms with Crippen molar-refractivity contribution in [2.45, 2.75) is 6.92 Å². The summed E-state index contributed by atoms with van der Waals surface area (Å²) < 4.78 is 0. The van der Waals surface area contributed by atoms with Crippen molar-refractivity contribution in [2.24, 2.45) is 0 Å². The van der Waals surface area contributed by atoms with E-state index in [-0.39, 0.29) is 5.91 Å². The number of nitrogens with one attached hydrogen (secondary N) is 1. The van der Waals surface area contributed by atoms with Gasteiger partial charge in [0, 0.05) is 22.0 Å². The van der Waals surface area contributed by atoms with Gasteiger partial charge in [0.2, 0.25) is 0 Å². The lowest BCUT2D eigenvalue weighted by Gasteiger charge is -2.06. The van der Waals surface area contributed by atoms with Gasteiger partial charge in [-0.15, -0.1) is 0 Å². The van der Waals surface area contributed by atoms with Crippen LogP contribution < -0.4 is 5.32 Å². The number of hydrogen-bond acceptors (Lipinski definition) is 3. The Labute approximate surface area is 116 Å². The van der Waals surface area contributed by atoms with Gasteiger partial charge in [-0.2, -0.15) is 10.2 Å². The summed E-state index contributed by atoms with van der Waals surface area (Å²) in [6.45, 7) is 2.01. The van der Waals surface area contributed by atoms with Crippen LogP contribution >= 0.6 is 0 Å². The van der Waals surface area contributed by atoms with Crippen molar-refractivity contribution in [3.63, 3.8) is 0 Å². The molecular weight excluding hydrogens is 250 g/mol. The van der Waals surface area contributed by atoms with Gasteiger partial charge < -0.3 is 5.32 Å². The topological polar surface area (TPSA) is 54.9 Å². The molecule has 0 aliphatic heterocycles. The SMILES string of the molecule is Cc1ccc(NC(=O)c2ccc3cnncc3c2)cc1. The monoisotopic (exact) mass is 263 g/mol. The Morgan fingerprint density at radius 3 is 2.40 bits per heavy atom. The van der Waals surface area contributed by atoms with Crippen LogP contribution in [0.3, 0.4) is 0 Å². The first-order valence-electron chi connectivity index (χ1n) is 6.31. The van der Waals surface area contributed by atoms with E-state index in [1.807, 2.05) is 43.3 Å². The van der Waals surface area contributed by atoms with Crippen molar-refractivity contribution in [3.8, 4) is 0 Å². The molecule has 0 radical (unpaired) electrons. The third-order valence-corrected chi connectivity index (χ3v) is 3.12. The molecule has 98 valence electrons. The summed E-state index contributed by atoms with van der Waals surface area (Å²) in [5.41, 5.74) is 2.55. The van der Waals surface area contributed by atoms with E-state index in [4.69, 9.17) is 0 Å². The standard InChI is InChI=1S/C16H13N3O/c1-11-2-6-15(7-3-11)19-16(20)12-4-5-13-9-17-18-10-14(13)8-12/h2-10H,1H3,(H,19,20). The Morgan fingerprint density at radius 2 is 1.65 bits per heavy atom. The molecule has 0 bridgehead atoms. The van der Waals surface area contributed by atoms with E-state index in [0.717, 1.165) is 22.0 Å². The number of fused-ring (bicyclic) bond motifs is 1. The fourth-order valence-electron chi connectivity index (χ4n) is 1.98. The van der Waals surface area contributed by atoms with Crippen molar-refractivity contribution in [1.82, 2.24) is 10.2 Å². The smallest absolute Gasteiger partial charge is 0.255 e. The summed E-state index contributed by atoms with van der Waals surface area (Å²) >= 11 is 0. The van der Waals surface area contributed by atoms with Crippen LogP contribution in [0.2, 0.25) is 0 Å². The summed E-state index contributed by atoms with van der Waals surface area (Å²) in [6.07, 6.45) is 3.33. The molecule has 0 aliphatic rings. The van der Waals surface area contributed by atoms with Gasteiger partial charge in [0.15, 0.2) is 0 Å². The highest BCUT2D eigenvalue weighted by molar-refractivity contribution is 6.06. The highest BCUT2D eigenvalue weighted by atomic mass is 16.1. The van der Waals surface area contributed by atoms with Gasteiger partial charge in [-0.3, -0.25) is 4.79 Å². The van der Waals surface area contributed by atoms with E-state index in [1.165, 1.54) is 0 Å². The summed E-state index contributed by atoms with van der Waals surface area (Å²) in [7, 11) is 0. The maximum atomic E-state index is 12.2. The number of benzene rings is 2. The number of amides is 1. The normalized spacial score (nSPS) is 10.4. The largest absolute Gasteiger partial charge is 0.322 e. The summed E-state index contributed by atoms with van der Waals surface area (Å²) in [5, 5.41) is 12.4. The molecule has 0 saturated heterocycles. The van der Waals surface area contributed by atoms with E-state index in [1.54, 1.807) is 18.5 Å². The van der Waals surface area contributed by atoms with Crippen molar-refractivity contribution in [1.29, 1.82) is 0 Å². The molecule has 1 N–H and O–H groups in total. The molecule has 2 aromatic carbocycles. The molecule has 0 unspecified atom stereocenters. The molecule has 0 fully saturated rings. The maximum absolute atomic E-state index is 12.2. The average Bonchev–Trinajstić information content (AvgIpc) is 2.49. The van der Waals surface area contributed by atoms with Gasteiger partial charge in [-0.25, -0.2) is 0 Å². The number of aryl methyl sites for hydroxylation is 1. The predicted octanol–water partition coefficient (Wildman–Crippen LogP) is 3.19. The molecule has 1 heterocycles. The van der Waals surface area contributed by atoms with Crippen molar-refractivity contribution in [3.05, 3.63) is 66.0 Å². The van der Waals surface area contributed by atoms with Gasteiger partial charge in [-0.1, -0.05) is 23.8 Å². The number of carbonyl (C=O) groups excluding carboxylic acids is 1. The first kappa shape index (κ1) is 12.3. The predicted molar refractivity (Wildman–Crippen MR) is 78.7 cm³/mol. The number of nitrogens with zero attached hydrogens (tertiary/aromatic N) is 2. The van der Waals surface area contributed by atoms with Gasteiger partial charge in [0.25, 0.3) is 5.91 Å². The van der Waals surface area contributed by atoms with Crippen LogP contribution in [-0.4, -0.2) is 16.1 Å². The van der Waals surface area contributed by atoms with Crippen LogP contribution in [0.4, 0.5) is 5.69 Å². The number of rotatable bonds is 2. The maximum Gasteiger partial charge on any atom is 0.255 e. The molecule has 20 heavy (non-hydrogen) atoms. The Hall–Kier alpha value is -2.75. The Balaban J connectivity index is 1.86. The molecule has 0 saturated carbocycles. The van der Waals surface area contributed by atoms with Crippen LogP contribution in [0.25, 0.3) is 10.8 Å². The number of aromatic nitrogens is 2. The minimum Gasteiger partial charge on any atom is -0.322 e. The lowest BCUT2D eigenvalue weighted by Crippen LogP contribution is -2.11. The number of anilines is 1. The molecule has 4 nitrogen and oxygen atoms in total. The van der Waals surface area contributed by atoms with Crippen LogP contribution in [0.5, 0.6) is 0 Å². The number of hydrogen-bond donors (Lipinski definition) is 1. The van der Waals surface area contributed by atoms with Gasteiger partial charge in [0.05, 0.1) is 12.4 Å². The Morgan fingerprint density at radius 1 is 0.950 bits per heavy atom. The van der Waals surface area contributed by atoms with Crippen molar-refractivity contribution in [2.75, 3.05) is 5.32 Å². The fourth-order valence-corrected chi connectivity index (χ4v) is 1.98. The molecular formula is C16H13N3O. The van der Waals surface area contributed by atoms with Gasteiger partial charge in [-0.05, 0) is 31.2 Å².